The van der Waals surface area contributed by atoms with Crippen LogP contribution in [0.15, 0.2) is 0 Å². The molecular weight excluding hydrogens is 234 g/mol. The van der Waals surface area contributed by atoms with Crippen LogP contribution in [0.2, 0.25) is 0 Å². The highest BCUT2D eigenvalue weighted by Gasteiger charge is 2.37. The summed E-state index contributed by atoms with van der Waals surface area (Å²) in [5.74, 6) is -0.00346. The molecule has 1 rings (SSSR count). The molecule has 5 heteroatoms. The Balaban J connectivity index is 2.64. The fourth-order valence-electron chi connectivity index (χ4n) is 1.96. The molecule has 0 aromatic rings. The Morgan fingerprint density at radius 2 is 2.06 bits per heavy atom. The first-order valence-electron chi connectivity index (χ1n) is 6.32. The van der Waals surface area contributed by atoms with E-state index >= 15 is 0 Å². The number of rotatable bonds is 3. The maximum atomic E-state index is 11.7. The van der Waals surface area contributed by atoms with Gasteiger partial charge >= 0.3 is 6.09 Å². The summed E-state index contributed by atoms with van der Waals surface area (Å²) < 4.78 is 10.5. The largest absolute Gasteiger partial charge is 0.444 e. The molecule has 0 aromatic carbocycles. The summed E-state index contributed by atoms with van der Waals surface area (Å²) in [6.07, 6.45) is 1.98. The predicted molar refractivity (Wildman–Crippen MR) is 67.4 cm³/mol. The van der Waals surface area contributed by atoms with E-state index in [0.717, 1.165) is 25.7 Å². The molecule has 18 heavy (non-hydrogen) atoms. The number of amides is 1. The van der Waals surface area contributed by atoms with Gasteiger partial charge in [-0.3, -0.25) is 0 Å². The molecule has 0 radical (unpaired) electrons. The summed E-state index contributed by atoms with van der Waals surface area (Å²) >= 11 is 0. The van der Waals surface area contributed by atoms with Crippen LogP contribution in [0.3, 0.4) is 0 Å². The SMILES string of the molecule is CC(C)(C)OC(=O)NC(C)(C=O)C1CCCOC1. The van der Waals surface area contributed by atoms with E-state index in [-0.39, 0.29) is 5.92 Å². The molecule has 0 saturated carbocycles. The lowest BCUT2D eigenvalue weighted by Crippen LogP contribution is -2.56. The molecule has 1 fully saturated rings. The molecular formula is C13H23NO4. The smallest absolute Gasteiger partial charge is 0.408 e. The third-order valence-corrected chi connectivity index (χ3v) is 3.02. The number of nitrogens with one attached hydrogen (secondary N) is 1. The molecule has 5 nitrogen and oxygen atoms in total. The monoisotopic (exact) mass is 257 g/mol. The van der Waals surface area contributed by atoms with Crippen molar-refractivity contribution in [3.05, 3.63) is 0 Å². The highest BCUT2D eigenvalue weighted by Crippen LogP contribution is 2.25. The standard InChI is InChI=1S/C13H23NO4/c1-12(2,3)18-11(16)14-13(4,9-15)10-6-5-7-17-8-10/h9-10H,5-8H2,1-4H3,(H,14,16). The van der Waals surface area contributed by atoms with E-state index in [1.165, 1.54) is 0 Å². The molecule has 0 aliphatic carbocycles. The predicted octanol–water partition coefficient (Wildman–Crippen LogP) is 1.90. The summed E-state index contributed by atoms with van der Waals surface area (Å²) in [6, 6.07) is 0. The fraction of sp³-hybridized carbons (Fsp3) is 0.846. The second-order valence-electron chi connectivity index (χ2n) is 5.94. The van der Waals surface area contributed by atoms with E-state index in [4.69, 9.17) is 9.47 Å². The van der Waals surface area contributed by atoms with Gasteiger partial charge in [0.05, 0.1) is 6.61 Å². The zero-order chi connectivity index (χ0) is 13.8. The van der Waals surface area contributed by atoms with Crippen LogP contribution in [0, 0.1) is 5.92 Å². The Morgan fingerprint density at radius 1 is 1.39 bits per heavy atom. The third kappa shape index (κ3) is 4.29. The normalized spacial score (nSPS) is 23.9. The topological polar surface area (TPSA) is 64.6 Å². The summed E-state index contributed by atoms with van der Waals surface area (Å²) in [5, 5.41) is 2.66. The highest BCUT2D eigenvalue weighted by molar-refractivity contribution is 5.76. The van der Waals surface area contributed by atoms with Crippen molar-refractivity contribution in [3.8, 4) is 0 Å². The first-order chi connectivity index (χ1) is 8.27. The van der Waals surface area contributed by atoms with Crippen molar-refractivity contribution in [1.82, 2.24) is 5.32 Å². The van der Waals surface area contributed by atoms with E-state index in [2.05, 4.69) is 5.32 Å². The van der Waals surface area contributed by atoms with Crippen molar-refractivity contribution in [2.24, 2.45) is 5.92 Å². The van der Waals surface area contributed by atoms with Crippen molar-refractivity contribution in [2.45, 2.75) is 51.7 Å². The maximum absolute atomic E-state index is 11.7. The zero-order valence-electron chi connectivity index (χ0n) is 11.6. The lowest BCUT2D eigenvalue weighted by atomic mass is 9.83. The quantitative estimate of drug-likeness (QED) is 0.784. The molecule has 1 heterocycles. The van der Waals surface area contributed by atoms with Gasteiger partial charge in [-0.05, 0) is 40.5 Å². The number of hydrogen-bond acceptors (Lipinski definition) is 4. The van der Waals surface area contributed by atoms with Crippen molar-refractivity contribution in [2.75, 3.05) is 13.2 Å². The van der Waals surface area contributed by atoms with Crippen molar-refractivity contribution in [1.29, 1.82) is 0 Å². The van der Waals surface area contributed by atoms with Crippen LogP contribution in [0.4, 0.5) is 4.79 Å². The van der Waals surface area contributed by atoms with Crippen LogP contribution in [0.5, 0.6) is 0 Å². The second kappa shape index (κ2) is 5.69. The molecule has 0 spiro atoms. The van der Waals surface area contributed by atoms with E-state index < -0.39 is 17.2 Å². The zero-order valence-corrected chi connectivity index (χ0v) is 11.6. The lowest BCUT2D eigenvalue weighted by Gasteiger charge is -2.36. The van der Waals surface area contributed by atoms with Crippen LogP contribution in [0.1, 0.15) is 40.5 Å². The molecule has 2 atom stereocenters. The van der Waals surface area contributed by atoms with Crippen molar-refractivity contribution < 1.29 is 19.1 Å². The number of aldehydes is 1. The summed E-state index contributed by atoms with van der Waals surface area (Å²) in [5.41, 5.74) is -1.50. The maximum Gasteiger partial charge on any atom is 0.408 e. The van der Waals surface area contributed by atoms with Gasteiger partial charge in [-0.1, -0.05) is 0 Å². The van der Waals surface area contributed by atoms with E-state index in [1.54, 1.807) is 27.7 Å². The van der Waals surface area contributed by atoms with Gasteiger partial charge in [0.1, 0.15) is 17.4 Å². The minimum Gasteiger partial charge on any atom is -0.444 e. The third-order valence-electron chi connectivity index (χ3n) is 3.02. The molecule has 0 bridgehead atoms. The first-order valence-corrected chi connectivity index (χ1v) is 6.32. The molecule has 0 aromatic heterocycles. The molecule has 104 valence electrons. The van der Waals surface area contributed by atoms with Crippen LogP contribution in [0.25, 0.3) is 0 Å². The molecule has 1 aliphatic rings. The van der Waals surface area contributed by atoms with Crippen LogP contribution in [-0.2, 0) is 14.3 Å². The minimum atomic E-state index is -0.928. The second-order valence-corrected chi connectivity index (χ2v) is 5.94. The Hall–Kier alpha value is -1.10. The van der Waals surface area contributed by atoms with Gasteiger partial charge in [-0.25, -0.2) is 4.79 Å². The van der Waals surface area contributed by atoms with Crippen LogP contribution >= 0.6 is 0 Å². The van der Waals surface area contributed by atoms with E-state index in [1.807, 2.05) is 0 Å². The van der Waals surface area contributed by atoms with Crippen molar-refractivity contribution >= 4 is 12.4 Å². The first kappa shape index (κ1) is 15.0. The van der Waals surface area contributed by atoms with Gasteiger partial charge in [-0.15, -0.1) is 0 Å². The summed E-state index contributed by atoms with van der Waals surface area (Å²) in [4.78, 5) is 23.0. The summed E-state index contributed by atoms with van der Waals surface area (Å²) in [6.45, 7) is 8.28. The van der Waals surface area contributed by atoms with Crippen LogP contribution in [-0.4, -0.2) is 36.7 Å². The van der Waals surface area contributed by atoms with Gasteiger partial charge in [-0.2, -0.15) is 0 Å². The number of ether oxygens (including phenoxy) is 2. The number of hydrogen-bond donors (Lipinski definition) is 1. The lowest BCUT2D eigenvalue weighted by molar-refractivity contribution is -0.117. The van der Waals surface area contributed by atoms with Gasteiger partial charge in [0.25, 0.3) is 0 Å². The molecule has 1 saturated heterocycles. The minimum absolute atomic E-state index is 0.00346. The molecule has 1 aliphatic heterocycles. The average molecular weight is 257 g/mol. The van der Waals surface area contributed by atoms with Crippen LogP contribution < -0.4 is 5.32 Å². The van der Waals surface area contributed by atoms with Gasteiger partial charge in [0.2, 0.25) is 0 Å². The molecule has 2 unspecified atom stereocenters. The molecule has 1 N–H and O–H groups in total. The number of carbonyl (C=O) groups excluding carboxylic acids is 2. The van der Waals surface area contributed by atoms with Crippen molar-refractivity contribution in [3.63, 3.8) is 0 Å². The van der Waals surface area contributed by atoms with Gasteiger partial charge < -0.3 is 19.6 Å². The number of alkyl carbamates (subject to hydrolysis) is 1. The Bertz CT molecular complexity index is 305. The summed E-state index contributed by atoms with van der Waals surface area (Å²) in [7, 11) is 0. The Kier molecular flexibility index (Phi) is 4.73. The van der Waals surface area contributed by atoms with Gasteiger partial charge in [0, 0.05) is 12.5 Å². The number of carbonyl (C=O) groups is 2. The molecule has 1 amide bonds. The highest BCUT2D eigenvalue weighted by atomic mass is 16.6. The average Bonchev–Trinajstić information content (AvgIpc) is 2.27. The Morgan fingerprint density at radius 3 is 2.50 bits per heavy atom. The van der Waals surface area contributed by atoms with E-state index in [9.17, 15) is 9.59 Å². The van der Waals surface area contributed by atoms with Gasteiger partial charge in [0.15, 0.2) is 0 Å². The Labute approximate surface area is 108 Å². The van der Waals surface area contributed by atoms with E-state index in [0.29, 0.717) is 6.61 Å². The fourth-order valence-corrected chi connectivity index (χ4v) is 1.96.